The van der Waals surface area contributed by atoms with Gasteiger partial charge in [0.15, 0.2) is 0 Å². The van der Waals surface area contributed by atoms with Crippen LogP contribution in [0.3, 0.4) is 0 Å². The molecule has 1 aromatic carbocycles. The molecule has 20 heavy (non-hydrogen) atoms. The van der Waals surface area contributed by atoms with E-state index in [2.05, 4.69) is 57.2 Å². The second-order valence-corrected chi connectivity index (χ2v) is 6.23. The molecule has 0 aliphatic heterocycles. The summed E-state index contributed by atoms with van der Waals surface area (Å²) in [5.74, 6) is 1.23. The lowest BCUT2D eigenvalue weighted by Crippen LogP contribution is -2.36. The first kappa shape index (κ1) is 14.9. The number of nitrogens with one attached hydrogen (secondary N) is 1. The molecule has 1 aromatic heterocycles. The molecule has 3 N–H and O–H groups in total. The summed E-state index contributed by atoms with van der Waals surface area (Å²) in [6.45, 7) is 6.75. The van der Waals surface area contributed by atoms with Crippen molar-refractivity contribution >= 4 is 21.7 Å². The molecule has 0 radical (unpaired) electrons. The minimum absolute atomic E-state index is 0.155. The summed E-state index contributed by atoms with van der Waals surface area (Å²) in [6.07, 6.45) is 1.78. The van der Waals surface area contributed by atoms with Crippen LogP contribution in [0.25, 0.3) is 0 Å². The Labute approximate surface area is 128 Å². The van der Waals surface area contributed by atoms with Crippen molar-refractivity contribution in [1.29, 1.82) is 0 Å². The summed E-state index contributed by atoms with van der Waals surface area (Å²) in [5.41, 5.74) is 7.89. The Bertz CT molecular complexity index is 593. The molecule has 2 rings (SSSR count). The summed E-state index contributed by atoms with van der Waals surface area (Å²) < 4.78 is 1.08. The monoisotopic (exact) mass is 334 g/mol. The Morgan fingerprint density at radius 2 is 1.90 bits per heavy atom. The number of hydrogen-bond acceptors (Lipinski definition) is 4. The number of nitrogens with zero attached hydrogens (tertiary/aromatic N) is 2. The van der Waals surface area contributed by atoms with Crippen LogP contribution >= 0.6 is 15.9 Å². The maximum absolute atomic E-state index is 5.91. The maximum Gasteiger partial charge on any atom is 0.131 e. The minimum Gasteiger partial charge on any atom is -0.383 e. The predicted octanol–water partition coefficient (Wildman–Crippen LogP) is 3.15. The van der Waals surface area contributed by atoms with Gasteiger partial charge in [-0.2, -0.15) is 0 Å². The molecule has 0 aliphatic carbocycles. The van der Waals surface area contributed by atoms with Gasteiger partial charge in [-0.05, 0) is 38.5 Å². The number of halogens is 1. The summed E-state index contributed by atoms with van der Waals surface area (Å²) in [6, 6.07) is 8.29. The van der Waals surface area contributed by atoms with Gasteiger partial charge in [0.05, 0.1) is 0 Å². The van der Waals surface area contributed by atoms with Crippen molar-refractivity contribution in [3.63, 3.8) is 0 Å². The van der Waals surface area contributed by atoms with Gasteiger partial charge in [0.2, 0.25) is 0 Å². The van der Waals surface area contributed by atoms with Crippen LogP contribution < -0.4 is 11.1 Å². The number of hydrogen-bond donors (Lipinski definition) is 2. The molecule has 5 heteroatoms. The van der Waals surface area contributed by atoms with Crippen molar-refractivity contribution in [1.82, 2.24) is 15.3 Å². The molecule has 0 atom stereocenters. The van der Waals surface area contributed by atoms with Crippen LogP contribution in [0.4, 0.5) is 5.82 Å². The smallest absolute Gasteiger partial charge is 0.131 e. The lowest BCUT2D eigenvalue weighted by Gasteiger charge is -2.27. The molecule has 2 aromatic rings. The standard InChI is InChI=1S/C15H19BrN4/c1-10-18-8-11(14(17)20-10)9-19-15(2,3)12-4-6-13(16)7-5-12/h4-8,19H,9H2,1-3H3,(H2,17,18,20). The minimum atomic E-state index is -0.155. The normalized spacial score (nSPS) is 11.6. The Morgan fingerprint density at radius 3 is 2.50 bits per heavy atom. The van der Waals surface area contributed by atoms with Crippen LogP contribution in [0.15, 0.2) is 34.9 Å². The Morgan fingerprint density at radius 1 is 1.25 bits per heavy atom. The highest BCUT2D eigenvalue weighted by Gasteiger charge is 2.20. The van der Waals surface area contributed by atoms with Crippen molar-refractivity contribution in [3.05, 3.63) is 51.9 Å². The van der Waals surface area contributed by atoms with Crippen molar-refractivity contribution < 1.29 is 0 Å². The molecule has 0 fully saturated rings. The first-order valence-corrected chi connectivity index (χ1v) is 7.27. The highest BCUT2D eigenvalue weighted by Crippen LogP contribution is 2.23. The number of anilines is 1. The van der Waals surface area contributed by atoms with Crippen molar-refractivity contribution in [2.75, 3.05) is 5.73 Å². The third-order valence-corrected chi connectivity index (χ3v) is 3.83. The van der Waals surface area contributed by atoms with Gasteiger partial charge >= 0.3 is 0 Å². The highest BCUT2D eigenvalue weighted by molar-refractivity contribution is 9.10. The Balaban J connectivity index is 2.10. The van der Waals surface area contributed by atoms with Gasteiger partial charge in [0.1, 0.15) is 11.6 Å². The van der Waals surface area contributed by atoms with Crippen molar-refractivity contribution in [2.24, 2.45) is 0 Å². The van der Waals surface area contributed by atoms with Crippen LogP contribution in [0.1, 0.15) is 30.8 Å². The summed E-state index contributed by atoms with van der Waals surface area (Å²) >= 11 is 3.45. The first-order valence-electron chi connectivity index (χ1n) is 6.47. The average molecular weight is 335 g/mol. The van der Waals surface area contributed by atoms with Gasteiger partial charge in [0.25, 0.3) is 0 Å². The van der Waals surface area contributed by atoms with E-state index in [4.69, 9.17) is 5.73 Å². The molecule has 0 spiro atoms. The Kier molecular flexibility index (Phi) is 4.40. The number of benzene rings is 1. The van der Waals surface area contributed by atoms with Crippen LogP contribution in [0.5, 0.6) is 0 Å². The number of rotatable bonds is 4. The number of aryl methyl sites for hydroxylation is 1. The third-order valence-electron chi connectivity index (χ3n) is 3.31. The van der Waals surface area contributed by atoms with Gasteiger partial charge in [-0.25, -0.2) is 9.97 Å². The fourth-order valence-electron chi connectivity index (χ4n) is 1.93. The van der Waals surface area contributed by atoms with Gasteiger partial charge in [-0.1, -0.05) is 28.1 Å². The van der Waals surface area contributed by atoms with E-state index in [0.717, 1.165) is 10.0 Å². The molecule has 106 valence electrons. The third kappa shape index (κ3) is 3.55. The molecule has 0 saturated heterocycles. The largest absolute Gasteiger partial charge is 0.383 e. The highest BCUT2D eigenvalue weighted by atomic mass is 79.9. The SMILES string of the molecule is Cc1ncc(CNC(C)(C)c2ccc(Br)cc2)c(N)n1. The van der Waals surface area contributed by atoms with E-state index in [-0.39, 0.29) is 5.54 Å². The second-order valence-electron chi connectivity index (χ2n) is 5.31. The fraction of sp³-hybridized carbons (Fsp3) is 0.333. The number of aromatic nitrogens is 2. The average Bonchev–Trinajstić information content (AvgIpc) is 2.38. The van der Waals surface area contributed by atoms with E-state index in [1.807, 2.05) is 19.1 Å². The van der Waals surface area contributed by atoms with Gasteiger partial charge < -0.3 is 11.1 Å². The molecule has 0 aliphatic rings. The van der Waals surface area contributed by atoms with E-state index >= 15 is 0 Å². The van der Waals surface area contributed by atoms with Crippen LogP contribution in [0.2, 0.25) is 0 Å². The summed E-state index contributed by atoms with van der Waals surface area (Å²) in [7, 11) is 0. The first-order chi connectivity index (χ1) is 9.38. The zero-order valence-corrected chi connectivity index (χ0v) is 13.5. The predicted molar refractivity (Wildman–Crippen MR) is 85.2 cm³/mol. The van der Waals surface area contributed by atoms with Crippen LogP contribution in [-0.4, -0.2) is 9.97 Å². The second kappa shape index (κ2) is 5.89. The molecule has 0 unspecified atom stereocenters. The summed E-state index contributed by atoms with van der Waals surface area (Å²) in [4.78, 5) is 8.37. The topological polar surface area (TPSA) is 63.8 Å². The molecule has 0 saturated carbocycles. The Hall–Kier alpha value is -1.46. The van der Waals surface area contributed by atoms with E-state index < -0.39 is 0 Å². The van der Waals surface area contributed by atoms with Crippen LogP contribution in [0, 0.1) is 6.92 Å². The zero-order chi connectivity index (χ0) is 14.8. The van der Waals surface area contributed by atoms with E-state index in [1.165, 1.54) is 5.56 Å². The lowest BCUT2D eigenvalue weighted by molar-refractivity contribution is 0.401. The molecule has 4 nitrogen and oxygen atoms in total. The van der Waals surface area contributed by atoms with E-state index in [1.54, 1.807) is 6.20 Å². The molecular weight excluding hydrogens is 316 g/mol. The quantitative estimate of drug-likeness (QED) is 0.901. The van der Waals surface area contributed by atoms with Gasteiger partial charge in [-0.3, -0.25) is 0 Å². The van der Waals surface area contributed by atoms with E-state index in [9.17, 15) is 0 Å². The maximum atomic E-state index is 5.91. The summed E-state index contributed by atoms with van der Waals surface area (Å²) in [5, 5.41) is 3.50. The van der Waals surface area contributed by atoms with Crippen molar-refractivity contribution in [2.45, 2.75) is 32.9 Å². The van der Waals surface area contributed by atoms with Gasteiger partial charge in [0, 0.05) is 28.3 Å². The molecule has 0 bridgehead atoms. The van der Waals surface area contributed by atoms with E-state index in [0.29, 0.717) is 18.2 Å². The van der Waals surface area contributed by atoms with Crippen LogP contribution in [-0.2, 0) is 12.1 Å². The molecule has 0 amide bonds. The fourth-order valence-corrected chi connectivity index (χ4v) is 2.20. The van der Waals surface area contributed by atoms with Crippen molar-refractivity contribution in [3.8, 4) is 0 Å². The zero-order valence-electron chi connectivity index (χ0n) is 11.9. The van der Waals surface area contributed by atoms with Gasteiger partial charge in [-0.15, -0.1) is 0 Å². The number of nitrogen functional groups attached to an aromatic ring is 1. The number of nitrogens with two attached hydrogens (primary N) is 1. The lowest BCUT2D eigenvalue weighted by atomic mass is 9.94. The molecular formula is C15H19BrN4. The molecule has 1 heterocycles.